The zero-order valence-electron chi connectivity index (χ0n) is 13.1. The Morgan fingerprint density at radius 2 is 1.61 bits per heavy atom. The van der Waals surface area contributed by atoms with Gasteiger partial charge in [0.15, 0.2) is 0 Å². The van der Waals surface area contributed by atoms with Crippen LogP contribution in [0.4, 0.5) is 0 Å². The van der Waals surface area contributed by atoms with Gasteiger partial charge in [-0.25, -0.2) is 0 Å². The monoisotopic (exact) mass is 254 g/mol. The second-order valence-electron chi connectivity index (χ2n) is 6.33. The van der Waals surface area contributed by atoms with E-state index in [-0.39, 0.29) is 0 Å². The summed E-state index contributed by atoms with van der Waals surface area (Å²) in [6.07, 6.45) is 11.1. The van der Waals surface area contributed by atoms with Crippen LogP contribution < -0.4 is 5.32 Å². The minimum Gasteiger partial charge on any atom is -0.319 e. The van der Waals surface area contributed by atoms with Crippen LogP contribution >= 0.6 is 0 Å². The van der Waals surface area contributed by atoms with Gasteiger partial charge in [0.1, 0.15) is 0 Å². The molecule has 0 saturated heterocycles. The summed E-state index contributed by atoms with van der Waals surface area (Å²) in [4.78, 5) is 2.63. The Labute approximate surface area is 115 Å². The highest BCUT2D eigenvalue weighted by molar-refractivity contribution is 4.87. The van der Waals surface area contributed by atoms with Crippen LogP contribution in [-0.2, 0) is 0 Å². The van der Waals surface area contributed by atoms with Crippen LogP contribution in [0.15, 0.2) is 0 Å². The molecule has 2 nitrogen and oxygen atoms in total. The predicted octanol–water partition coefficient (Wildman–Crippen LogP) is 3.67. The first-order chi connectivity index (χ1) is 8.67. The highest BCUT2D eigenvalue weighted by Crippen LogP contribution is 2.35. The Bertz CT molecular complexity index is 203. The lowest BCUT2D eigenvalue weighted by Crippen LogP contribution is -2.45. The first-order valence-electron chi connectivity index (χ1n) is 8.02. The molecular weight excluding hydrogens is 220 g/mol. The van der Waals surface area contributed by atoms with Crippen molar-refractivity contribution in [1.82, 2.24) is 10.2 Å². The molecule has 0 amide bonds. The SMILES string of the molecule is CCC(CC)N(C)CC1(CNC)CCCCCC1. The van der Waals surface area contributed by atoms with Crippen LogP contribution in [0.5, 0.6) is 0 Å². The Balaban J connectivity index is 2.65. The minimum absolute atomic E-state index is 0.530. The van der Waals surface area contributed by atoms with Gasteiger partial charge in [-0.3, -0.25) is 0 Å². The number of rotatable bonds is 7. The summed E-state index contributed by atoms with van der Waals surface area (Å²) in [7, 11) is 4.45. The lowest BCUT2D eigenvalue weighted by atomic mass is 9.79. The molecule has 1 rings (SSSR count). The molecule has 0 heterocycles. The zero-order chi connectivity index (χ0) is 13.4. The zero-order valence-corrected chi connectivity index (χ0v) is 13.1. The van der Waals surface area contributed by atoms with Crippen LogP contribution in [0.3, 0.4) is 0 Å². The third-order valence-corrected chi connectivity index (χ3v) is 4.87. The molecule has 0 radical (unpaired) electrons. The molecule has 0 unspecified atom stereocenters. The van der Waals surface area contributed by atoms with Gasteiger partial charge < -0.3 is 10.2 Å². The van der Waals surface area contributed by atoms with Crippen molar-refractivity contribution in [2.24, 2.45) is 5.41 Å². The number of nitrogens with one attached hydrogen (secondary N) is 1. The second-order valence-corrected chi connectivity index (χ2v) is 6.33. The quantitative estimate of drug-likeness (QED) is 0.697. The van der Waals surface area contributed by atoms with E-state index < -0.39 is 0 Å². The smallest absolute Gasteiger partial charge is 0.00872 e. The molecule has 1 aliphatic carbocycles. The molecule has 0 aromatic heterocycles. The molecule has 0 bridgehead atoms. The lowest BCUT2D eigenvalue weighted by Gasteiger charge is -2.39. The topological polar surface area (TPSA) is 15.3 Å². The summed E-state index contributed by atoms with van der Waals surface area (Å²) in [6, 6.07) is 0.766. The Morgan fingerprint density at radius 3 is 2.06 bits per heavy atom. The Morgan fingerprint density at radius 1 is 1.06 bits per heavy atom. The van der Waals surface area contributed by atoms with E-state index in [1.54, 1.807) is 0 Å². The first-order valence-corrected chi connectivity index (χ1v) is 8.02. The third kappa shape index (κ3) is 4.55. The van der Waals surface area contributed by atoms with Gasteiger partial charge in [0, 0.05) is 19.1 Å². The van der Waals surface area contributed by atoms with Gasteiger partial charge in [-0.05, 0) is 45.2 Å². The van der Waals surface area contributed by atoms with E-state index in [9.17, 15) is 0 Å². The second kappa shape index (κ2) is 8.16. The molecule has 0 aromatic rings. The van der Waals surface area contributed by atoms with Crippen LogP contribution in [0.2, 0.25) is 0 Å². The van der Waals surface area contributed by atoms with Crippen molar-refractivity contribution in [3.8, 4) is 0 Å². The molecule has 1 N–H and O–H groups in total. The van der Waals surface area contributed by atoms with Crippen molar-refractivity contribution in [2.75, 3.05) is 27.2 Å². The number of nitrogens with zero attached hydrogens (tertiary/aromatic N) is 1. The fraction of sp³-hybridized carbons (Fsp3) is 1.00. The van der Waals surface area contributed by atoms with E-state index in [0.29, 0.717) is 5.41 Å². The van der Waals surface area contributed by atoms with Crippen LogP contribution in [0, 0.1) is 5.41 Å². The summed E-state index contributed by atoms with van der Waals surface area (Å²) in [5.41, 5.74) is 0.530. The Hall–Kier alpha value is -0.0800. The van der Waals surface area contributed by atoms with Crippen LogP contribution in [0.1, 0.15) is 65.2 Å². The van der Waals surface area contributed by atoms with E-state index in [1.807, 2.05) is 0 Å². The van der Waals surface area contributed by atoms with Crippen molar-refractivity contribution < 1.29 is 0 Å². The molecule has 0 atom stereocenters. The summed E-state index contributed by atoms with van der Waals surface area (Å²) >= 11 is 0. The van der Waals surface area contributed by atoms with Crippen molar-refractivity contribution in [1.29, 1.82) is 0 Å². The molecule has 1 saturated carbocycles. The molecule has 1 fully saturated rings. The maximum Gasteiger partial charge on any atom is 0.00872 e. The van der Waals surface area contributed by atoms with Crippen molar-refractivity contribution >= 4 is 0 Å². The summed E-state index contributed by atoms with van der Waals surface area (Å²) in [6.45, 7) is 7.11. The highest BCUT2D eigenvalue weighted by atomic mass is 15.1. The summed E-state index contributed by atoms with van der Waals surface area (Å²) in [5, 5.41) is 3.46. The Kier molecular flexibility index (Phi) is 7.25. The molecule has 0 aliphatic heterocycles. The standard InChI is InChI=1S/C16H34N2/c1-5-15(6-2)18(4)14-16(13-17-3)11-9-7-8-10-12-16/h15,17H,5-14H2,1-4H3. The average Bonchev–Trinajstić information content (AvgIpc) is 2.57. The minimum atomic E-state index is 0.530. The van der Waals surface area contributed by atoms with E-state index in [0.717, 1.165) is 6.04 Å². The molecule has 1 aliphatic rings. The van der Waals surface area contributed by atoms with E-state index in [2.05, 4.69) is 38.2 Å². The molecular formula is C16H34N2. The fourth-order valence-corrected chi connectivity index (χ4v) is 3.81. The van der Waals surface area contributed by atoms with Gasteiger partial charge >= 0.3 is 0 Å². The van der Waals surface area contributed by atoms with E-state index in [1.165, 1.54) is 64.5 Å². The van der Waals surface area contributed by atoms with Gasteiger partial charge in [0.25, 0.3) is 0 Å². The van der Waals surface area contributed by atoms with Crippen LogP contribution in [-0.4, -0.2) is 38.1 Å². The van der Waals surface area contributed by atoms with E-state index >= 15 is 0 Å². The van der Waals surface area contributed by atoms with E-state index in [4.69, 9.17) is 0 Å². The normalized spacial score (nSPS) is 20.3. The van der Waals surface area contributed by atoms with Crippen molar-refractivity contribution in [3.63, 3.8) is 0 Å². The number of hydrogen-bond donors (Lipinski definition) is 1. The highest BCUT2D eigenvalue weighted by Gasteiger charge is 2.32. The van der Waals surface area contributed by atoms with Gasteiger partial charge in [-0.15, -0.1) is 0 Å². The summed E-state index contributed by atoms with van der Waals surface area (Å²) in [5.74, 6) is 0. The maximum atomic E-state index is 3.46. The van der Waals surface area contributed by atoms with Gasteiger partial charge in [-0.1, -0.05) is 39.5 Å². The molecule has 2 heteroatoms. The van der Waals surface area contributed by atoms with Gasteiger partial charge in [-0.2, -0.15) is 0 Å². The lowest BCUT2D eigenvalue weighted by molar-refractivity contribution is 0.112. The average molecular weight is 254 g/mol. The van der Waals surface area contributed by atoms with Crippen molar-refractivity contribution in [2.45, 2.75) is 71.3 Å². The maximum absolute atomic E-state index is 3.46. The molecule has 0 aromatic carbocycles. The van der Waals surface area contributed by atoms with Crippen LogP contribution in [0.25, 0.3) is 0 Å². The molecule has 108 valence electrons. The van der Waals surface area contributed by atoms with Gasteiger partial charge in [0.2, 0.25) is 0 Å². The third-order valence-electron chi connectivity index (χ3n) is 4.87. The first kappa shape index (κ1) is 16.0. The van der Waals surface area contributed by atoms with Gasteiger partial charge in [0.05, 0.1) is 0 Å². The molecule has 0 spiro atoms. The fourth-order valence-electron chi connectivity index (χ4n) is 3.81. The summed E-state index contributed by atoms with van der Waals surface area (Å²) < 4.78 is 0. The predicted molar refractivity (Wildman–Crippen MR) is 81.1 cm³/mol. The largest absolute Gasteiger partial charge is 0.319 e. The molecule has 18 heavy (non-hydrogen) atoms. The number of hydrogen-bond acceptors (Lipinski definition) is 2. The van der Waals surface area contributed by atoms with Crippen molar-refractivity contribution in [3.05, 3.63) is 0 Å².